The molecule has 7 heteroatoms. The molecule has 0 saturated heterocycles. The Morgan fingerprint density at radius 1 is 1.00 bits per heavy atom. The average Bonchev–Trinajstić information content (AvgIpc) is 2.59. The molecular weight excluding hydrogens is 336 g/mol. The quantitative estimate of drug-likeness (QED) is 0.538. The fraction of sp³-hybridized carbons (Fsp3) is 0.278. The molecule has 25 heavy (non-hydrogen) atoms. The minimum atomic E-state index is -3.64. The molecule has 0 aromatic heterocycles. The van der Waals surface area contributed by atoms with Crippen LogP contribution in [0.3, 0.4) is 0 Å². The number of guanidine groups is 1. The van der Waals surface area contributed by atoms with Crippen LogP contribution in [0.4, 0.5) is 0 Å². The number of primary sulfonamides is 1. The maximum atomic E-state index is 11.2. The first kappa shape index (κ1) is 19.0. The van der Waals surface area contributed by atoms with E-state index >= 15 is 0 Å². The van der Waals surface area contributed by atoms with Crippen molar-refractivity contribution in [3.8, 4) is 0 Å². The highest BCUT2D eigenvalue weighted by Gasteiger charge is 2.06. The molecule has 0 bridgehead atoms. The molecule has 2 aromatic carbocycles. The fourth-order valence-electron chi connectivity index (χ4n) is 2.28. The van der Waals surface area contributed by atoms with Gasteiger partial charge in [0, 0.05) is 20.1 Å². The molecule has 4 N–H and O–H groups in total. The molecule has 0 heterocycles. The standard InChI is InChI=1S/C18H24N4O2S/c1-14-3-5-16(6-4-14)13-22-18(20-2)21-12-11-15-7-9-17(10-8-15)25(19,23)24/h3-10H,11-13H2,1-2H3,(H2,19,23,24)(H2,20,21,22). The van der Waals surface area contributed by atoms with Gasteiger partial charge in [0.15, 0.2) is 5.96 Å². The predicted molar refractivity (Wildman–Crippen MR) is 101 cm³/mol. The van der Waals surface area contributed by atoms with Crippen molar-refractivity contribution >= 4 is 16.0 Å². The SMILES string of the molecule is CN=C(NCCc1ccc(S(N)(=O)=O)cc1)NCc1ccc(C)cc1. The molecule has 0 aliphatic heterocycles. The molecule has 0 aliphatic carbocycles. The second-order valence-corrected chi connectivity index (χ2v) is 7.34. The first-order valence-corrected chi connectivity index (χ1v) is 9.55. The van der Waals surface area contributed by atoms with Gasteiger partial charge in [-0.05, 0) is 36.6 Å². The predicted octanol–water partition coefficient (Wildman–Crippen LogP) is 1.55. The lowest BCUT2D eigenvalue weighted by atomic mass is 10.1. The van der Waals surface area contributed by atoms with Crippen LogP contribution in [-0.4, -0.2) is 28.0 Å². The van der Waals surface area contributed by atoms with Crippen molar-refractivity contribution in [2.75, 3.05) is 13.6 Å². The summed E-state index contributed by atoms with van der Waals surface area (Å²) >= 11 is 0. The van der Waals surface area contributed by atoms with Crippen molar-refractivity contribution in [3.05, 3.63) is 65.2 Å². The van der Waals surface area contributed by atoms with Crippen LogP contribution in [0.1, 0.15) is 16.7 Å². The van der Waals surface area contributed by atoms with Crippen LogP contribution in [-0.2, 0) is 23.0 Å². The van der Waals surface area contributed by atoms with Crippen molar-refractivity contribution in [1.29, 1.82) is 0 Å². The number of aliphatic imine (C=N–C) groups is 1. The average molecular weight is 360 g/mol. The minimum absolute atomic E-state index is 0.125. The van der Waals surface area contributed by atoms with E-state index in [0.717, 1.165) is 17.9 Å². The van der Waals surface area contributed by atoms with E-state index in [-0.39, 0.29) is 4.90 Å². The van der Waals surface area contributed by atoms with Gasteiger partial charge in [-0.3, -0.25) is 4.99 Å². The van der Waals surface area contributed by atoms with Gasteiger partial charge >= 0.3 is 0 Å². The molecule has 0 fully saturated rings. The van der Waals surface area contributed by atoms with Crippen LogP contribution in [0.15, 0.2) is 58.4 Å². The summed E-state index contributed by atoms with van der Waals surface area (Å²) in [5.41, 5.74) is 3.45. The minimum Gasteiger partial charge on any atom is -0.356 e. The molecule has 0 unspecified atom stereocenters. The summed E-state index contributed by atoms with van der Waals surface area (Å²) in [5.74, 6) is 0.724. The Labute approximate surface area is 149 Å². The zero-order valence-electron chi connectivity index (χ0n) is 14.5. The largest absolute Gasteiger partial charge is 0.356 e. The van der Waals surface area contributed by atoms with E-state index in [4.69, 9.17) is 5.14 Å². The molecule has 134 valence electrons. The first-order chi connectivity index (χ1) is 11.9. The number of hydrogen-bond acceptors (Lipinski definition) is 3. The maximum Gasteiger partial charge on any atom is 0.238 e. The van der Waals surface area contributed by atoms with Crippen LogP contribution < -0.4 is 15.8 Å². The van der Waals surface area contributed by atoms with Crippen molar-refractivity contribution in [2.45, 2.75) is 24.8 Å². The van der Waals surface area contributed by atoms with Crippen LogP contribution >= 0.6 is 0 Å². The lowest BCUT2D eigenvalue weighted by Crippen LogP contribution is -2.37. The fourth-order valence-corrected chi connectivity index (χ4v) is 2.80. The Morgan fingerprint density at radius 2 is 1.60 bits per heavy atom. The summed E-state index contributed by atoms with van der Waals surface area (Å²) in [7, 11) is -1.91. The molecule has 2 rings (SSSR count). The molecular formula is C18H24N4O2S. The van der Waals surface area contributed by atoms with Gasteiger partial charge in [0.05, 0.1) is 4.90 Å². The maximum absolute atomic E-state index is 11.2. The number of hydrogen-bond donors (Lipinski definition) is 3. The number of nitrogens with one attached hydrogen (secondary N) is 2. The molecule has 0 atom stereocenters. The van der Waals surface area contributed by atoms with E-state index in [0.29, 0.717) is 13.1 Å². The topological polar surface area (TPSA) is 96.6 Å². The molecule has 6 nitrogen and oxygen atoms in total. The number of rotatable bonds is 6. The van der Waals surface area contributed by atoms with Crippen molar-refractivity contribution < 1.29 is 8.42 Å². The number of aryl methyl sites for hydroxylation is 1. The van der Waals surface area contributed by atoms with Crippen molar-refractivity contribution in [3.63, 3.8) is 0 Å². The second kappa shape index (κ2) is 8.64. The van der Waals surface area contributed by atoms with Crippen LogP contribution in [0, 0.1) is 6.92 Å². The van der Waals surface area contributed by atoms with E-state index in [1.165, 1.54) is 23.3 Å². The van der Waals surface area contributed by atoms with Gasteiger partial charge < -0.3 is 10.6 Å². The summed E-state index contributed by atoms with van der Waals surface area (Å²) in [6, 6.07) is 14.9. The van der Waals surface area contributed by atoms with Crippen LogP contribution in [0.2, 0.25) is 0 Å². The third kappa shape index (κ3) is 6.21. The highest BCUT2D eigenvalue weighted by atomic mass is 32.2. The van der Waals surface area contributed by atoms with E-state index in [1.54, 1.807) is 19.2 Å². The van der Waals surface area contributed by atoms with Gasteiger partial charge in [0.2, 0.25) is 10.0 Å². The third-order valence-corrected chi connectivity index (χ3v) is 4.69. The van der Waals surface area contributed by atoms with Gasteiger partial charge in [-0.1, -0.05) is 42.0 Å². The zero-order chi connectivity index (χ0) is 18.3. The van der Waals surface area contributed by atoms with E-state index in [2.05, 4.69) is 46.8 Å². The number of nitrogens with zero attached hydrogens (tertiary/aromatic N) is 1. The summed E-state index contributed by atoms with van der Waals surface area (Å²) in [5, 5.41) is 11.6. The Kier molecular flexibility index (Phi) is 6.55. The highest BCUT2D eigenvalue weighted by Crippen LogP contribution is 2.09. The monoisotopic (exact) mass is 360 g/mol. The van der Waals surface area contributed by atoms with E-state index in [1.807, 2.05) is 0 Å². The first-order valence-electron chi connectivity index (χ1n) is 8.00. The number of nitrogens with two attached hydrogens (primary N) is 1. The summed E-state index contributed by atoms with van der Waals surface area (Å²) in [6.45, 7) is 3.44. The summed E-state index contributed by atoms with van der Waals surface area (Å²) < 4.78 is 22.5. The Hall–Kier alpha value is -2.38. The molecule has 0 amide bonds. The van der Waals surface area contributed by atoms with E-state index in [9.17, 15) is 8.42 Å². The molecule has 0 radical (unpaired) electrons. The number of sulfonamides is 1. The lowest BCUT2D eigenvalue weighted by molar-refractivity contribution is 0.598. The highest BCUT2D eigenvalue weighted by molar-refractivity contribution is 7.89. The summed E-state index contributed by atoms with van der Waals surface area (Å²) in [6.07, 6.45) is 0.746. The Morgan fingerprint density at radius 3 is 2.16 bits per heavy atom. The third-order valence-electron chi connectivity index (χ3n) is 3.76. The Balaban J connectivity index is 1.80. The lowest BCUT2D eigenvalue weighted by Gasteiger charge is -2.12. The second-order valence-electron chi connectivity index (χ2n) is 5.78. The number of benzene rings is 2. The van der Waals surface area contributed by atoms with Crippen molar-refractivity contribution in [2.24, 2.45) is 10.1 Å². The van der Waals surface area contributed by atoms with Gasteiger partial charge in [-0.2, -0.15) is 0 Å². The molecule has 0 aliphatic rings. The van der Waals surface area contributed by atoms with Gasteiger partial charge in [0.1, 0.15) is 0 Å². The van der Waals surface area contributed by atoms with Crippen molar-refractivity contribution in [1.82, 2.24) is 10.6 Å². The van der Waals surface area contributed by atoms with Gasteiger partial charge in [-0.25, -0.2) is 13.6 Å². The van der Waals surface area contributed by atoms with Crippen LogP contribution in [0.5, 0.6) is 0 Å². The molecule has 0 spiro atoms. The normalized spacial score (nSPS) is 12.0. The van der Waals surface area contributed by atoms with E-state index < -0.39 is 10.0 Å². The van der Waals surface area contributed by atoms with Crippen LogP contribution in [0.25, 0.3) is 0 Å². The van der Waals surface area contributed by atoms with Gasteiger partial charge in [0.25, 0.3) is 0 Å². The smallest absolute Gasteiger partial charge is 0.238 e. The molecule has 2 aromatic rings. The summed E-state index contributed by atoms with van der Waals surface area (Å²) in [4.78, 5) is 4.32. The zero-order valence-corrected chi connectivity index (χ0v) is 15.3. The Bertz CT molecular complexity index is 813. The van der Waals surface area contributed by atoms with Gasteiger partial charge in [-0.15, -0.1) is 0 Å². The molecule has 0 saturated carbocycles.